The van der Waals surface area contributed by atoms with Crippen LogP contribution in [0, 0.1) is 5.82 Å². The van der Waals surface area contributed by atoms with Gasteiger partial charge in [-0.2, -0.15) is 4.98 Å². The Balaban J connectivity index is 1.89. The monoisotopic (exact) mass is 282 g/mol. The van der Waals surface area contributed by atoms with Gasteiger partial charge in [-0.15, -0.1) is 11.8 Å². The van der Waals surface area contributed by atoms with Crippen LogP contribution < -0.4 is 0 Å². The van der Waals surface area contributed by atoms with E-state index in [9.17, 15) is 9.18 Å². The maximum atomic E-state index is 12.7. The molecule has 5 nitrogen and oxygen atoms in total. The maximum absolute atomic E-state index is 12.7. The largest absolute Gasteiger partial charge is 0.469 e. The summed E-state index contributed by atoms with van der Waals surface area (Å²) in [4.78, 5) is 16.0. The van der Waals surface area contributed by atoms with E-state index in [4.69, 9.17) is 4.52 Å². The molecule has 19 heavy (non-hydrogen) atoms. The number of rotatable bonds is 5. The second-order valence-electron chi connectivity index (χ2n) is 3.60. The molecule has 0 amide bonds. The van der Waals surface area contributed by atoms with Gasteiger partial charge in [0.05, 0.1) is 12.9 Å². The summed E-state index contributed by atoms with van der Waals surface area (Å²) in [6, 6.07) is 6.13. The van der Waals surface area contributed by atoms with Crippen LogP contribution in [0.25, 0.3) is 0 Å². The van der Waals surface area contributed by atoms with Gasteiger partial charge in [-0.05, 0) is 24.3 Å². The van der Waals surface area contributed by atoms with Crippen LogP contribution in [0.5, 0.6) is 0 Å². The van der Waals surface area contributed by atoms with Crippen LogP contribution in [-0.2, 0) is 21.7 Å². The van der Waals surface area contributed by atoms with Crippen molar-refractivity contribution in [2.24, 2.45) is 0 Å². The third-order valence-corrected chi connectivity index (χ3v) is 3.22. The molecule has 0 spiro atoms. The summed E-state index contributed by atoms with van der Waals surface area (Å²) >= 11 is 1.45. The van der Waals surface area contributed by atoms with Crippen molar-refractivity contribution < 1.29 is 18.4 Å². The number of carbonyl (C=O) groups excluding carboxylic acids is 1. The Morgan fingerprint density at radius 1 is 1.42 bits per heavy atom. The van der Waals surface area contributed by atoms with Gasteiger partial charge in [0.1, 0.15) is 12.2 Å². The van der Waals surface area contributed by atoms with Gasteiger partial charge >= 0.3 is 5.97 Å². The number of nitrogens with zero attached hydrogens (tertiary/aromatic N) is 2. The summed E-state index contributed by atoms with van der Waals surface area (Å²) in [6.45, 7) is 0. The number of carbonyl (C=O) groups is 1. The summed E-state index contributed by atoms with van der Waals surface area (Å²) in [6.07, 6.45) is -0.0370. The molecule has 7 heteroatoms. The first-order chi connectivity index (χ1) is 9.17. The number of aromatic nitrogens is 2. The average molecular weight is 282 g/mol. The number of halogens is 1. The lowest BCUT2D eigenvalue weighted by atomic mass is 10.4. The number of benzene rings is 1. The van der Waals surface area contributed by atoms with E-state index in [1.165, 1.54) is 31.0 Å². The third kappa shape index (κ3) is 4.06. The zero-order valence-corrected chi connectivity index (χ0v) is 10.9. The van der Waals surface area contributed by atoms with Crippen molar-refractivity contribution in [3.8, 4) is 0 Å². The highest BCUT2D eigenvalue weighted by Crippen LogP contribution is 2.21. The number of hydrogen-bond acceptors (Lipinski definition) is 6. The van der Waals surface area contributed by atoms with Gasteiger partial charge in [0.2, 0.25) is 5.89 Å². The summed E-state index contributed by atoms with van der Waals surface area (Å²) in [5.41, 5.74) is 0. The molecular weight excluding hydrogens is 271 g/mol. The lowest BCUT2D eigenvalue weighted by Crippen LogP contribution is -2.04. The fourth-order valence-corrected chi connectivity index (χ4v) is 2.04. The molecule has 1 aromatic carbocycles. The van der Waals surface area contributed by atoms with E-state index < -0.39 is 5.97 Å². The molecule has 0 fully saturated rings. The molecule has 0 atom stereocenters. The molecule has 0 saturated heterocycles. The zero-order valence-electron chi connectivity index (χ0n) is 10.1. The fourth-order valence-electron chi connectivity index (χ4n) is 1.29. The first-order valence-corrected chi connectivity index (χ1v) is 6.42. The zero-order chi connectivity index (χ0) is 13.7. The molecule has 0 N–H and O–H groups in total. The van der Waals surface area contributed by atoms with Crippen molar-refractivity contribution in [2.45, 2.75) is 17.1 Å². The van der Waals surface area contributed by atoms with Crippen LogP contribution in [0.15, 0.2) is 33.7 Å². The van der Waals surface area contributed by atoms with E-state index >= 15 is 0 Å². The second kappa shape index (κ2) is 6.33. The molecule has 0 unspecified atom stereocenters. The Labute approximate surface area is 113 Å². The average Bonchev–Trinajstić information content (AvgIpc) is 2.85. The van der Waals surface area contributed by atoms with Gasteiger partial charge < -0.3 is 9.26 Å². The summed E-state index contributed by atoms with van der Waals surface area (Å²) in [5, 5.41) is 3.75. The van der Waals surface area contributed by atoms with Crippen molar-refractivity contribution >= 4 is 17.7 Å². The lowest BCUT2D eigenvalue weighted by molar-refractivity contribution is -0.140. The number of hydrogen-bond donors (Lipinski definition) is 0. The van der Waals surface area contributed by atoms with Gasteiger partial charge in [0.15, 0.2) is 5.82 Å². The van der Waals surface area contributed by atoms with Gasteiger partial charge in [-0.1, -0.05) is 5.16 Å². The molecule has 1 aromatic heterocycles. The van der Waals surface area contributed by atoms with Crippen LogP contribution in [0.4, 0.5) is 4.39 Å². The van der Waals surface area contributed by atoms with E-state index in [2.05, 4.69) is 14.9 Å². The summed E-state index contributed by atoms with van der Waals surface area (Å²) in [7, 11) is 1.30. The normalized spacial score (nSPS) is 10.4. The molecule has 0 radical (unpaired) electrons. The van der Waals surface area contributed by atoms with Gasteiger partial charge in [0, 0.05) is 4.90 Å². The van der Waals surface area contributed by atoms with E-state index in [-0.39, 0.29) is 18.1 Å². The standard InChI is InChI=1S/C12H11FN2O3S/c1-17-12(16)6-11-14-10(15-18-11)7-19-9-4-2-8(13)3-5-9/h2-5H,6-7H2,1H3. The molecule has 0 bridgehead atoms. The SMILES string of the molecule is COC(=O)Cc1nc(CSc2ccc(F)cc2)no1. The first kappa shape index (κ1) is 13.5. The molecule has 0 aliphatic heterocycles. The highest BCUT2D eigenvalue weighted by Gasteiger charge is 2.11. The predicted octanol–water partition coefficient (Wildman–Crippen LogP) is 2.22. The van der Waals surface area contributed by atoms with Crippen molar-refractivity contribution in [3.63, 3.8) is 0 Å². The number of thioether (sulfide) groups is 1. The van der Waals surface area contributed by atoms with Gasteiger partial charge in [0.25, 0.3) is 0 Å². The molecule has 2 rings (SSSR count). The minimum atomic E-state index is -0.429. The van der Waals surface area contributed by atoms with Gasteiger partial charge in [-0.3, -0.25) is 4.79 Å². The van der Waals surface area contributed by atoms with Crippen LogP contribution >= 0.6 is 11.8 Å². The van der Waals surface area contributed by atoms with Crippen molar-refractivity contribution in [1.82, 2.24) is 10.1 Å². The summed E-state index contributed by atoms with van der Waals surface area (Å²) in [5.74, 6) is 0.483. The number of esters is 1. The number of ether oxygens (including phenoxy) is 1. The Hall–Kier alpha value is -1.89. The molecule has 2 aromatic rings. The highest BCUT2D eigenvalue weighted by atomic mass is 32.2. The minimum Gasteiger partial charge on any atom is -0.469 e. The Kier molecular flexibility index (Phi) is 4.51. The molecule has 1 heterocycles. The minimum absolute atomic E-state index is 0.0370. The van der Waals surface area contributed by atoms with Crippen LogP contribution in [0.3, 0.4) is 0 Å². The molecule has 0 aliphatic rings. The van der Waals surface area contributed by atoms with Crippen molar-refractivity contribution in [2.75, 3.05) is 7.11 Å². The fraction of sp³-hybridized carbons (Fsp3) is 0.250. The Morgan fingerprint density at radius 3 is 2.84 bits per heavy atom. The van der Waals surface area contributed by atoms with Gasteiger partial charge in [-0.25, -0.2) is 4.39 Å². The third-order valence-electron chi connectivity index (χ3n) is 2.21. The Bertz CT molecular complexity index is 556. The molecule has 0 saturated carbocycles. The quantitative estimate of drug-likeness (QED) is 0.619. The second-order valence-corrected chi connectivity index (χ2v) is 4.65. The highest BCUT2D eigenvalue weighted by molar-refractivity contribution is 7.98. The maximum Gasteiger partial charge on any atom is 0.315 e. The molecular formula is C12H11FN2O3S. The van der Waals surface area contributed by atoms with Crippen LogP contribution in [0.2, 0.25) is 0 Å². The number of methoxy groups -OCH3 is 1. The molecule has 100 valence electrons. The summed E-state index contributed by atoms with van der Waals surface area (Å²) < 4.78 is 22.1. The smallest absolute Gasteiger partial charge is 0.315 e. The van der Waals surface area contributed by atoms with Crippen molar-refractivity contribution in [3.05, 3.63) is 41.8 Å². The Morgan fingerprint density at radius 2 is 2.16 bits per heavy atom. The van der Waals surface area contributed by atoms with E-state index in [0.717, 1.165) is 4.90 Å². The van der Waals surface area contributed by atoms with E-state index in [1.54, 1.807) is 12.1 Å². The molecule has 0 aliphatic carbocycles. The van der Waals surface area contributed by atoms with E-state index in [1.807, 2.05) is 0 Å². The van der Waals surface area contributed by atoms with E-state index in [0.29, 0.717) is 11.6 Å². The van der Waals surface area contributed by atoms with Crippen molar-refractivity contribution in [1.29, 1.82) is 0 Å². The predicted molar refractivity (Wildman–Crippen MR) is 66.0 cm³/mol. The van der Waals surface area contributed by atoms with Crippen LogP contribution in [-0.4, -0.2) is 23.2 Å². The topological polar surface area (TPSA) is 65.2 Å². The lowest BCUT2D eigenvalue weighted by Gasteiger charge is -1.97. The van der Waals surface area contributed by atoms with Crippen LogP contribution in [0.1, 0.15) is 11.7 Å². The first-order valence-electron chi connectivity index (χ1n) is 5.44.